The molecule has 20 heavy (non-hydrogen) atoms. The second-order valence-electron chi connectivity index (χ2n) is 5.97. The van der Waals surface area contributed by atoms with Gasteiger partial charge in [0, 0.05) is 31.4 Å². The SMILES string of the molecule is CCC1(C(=O)N2CCc3ncccc3C2)CCNCC1. The number of nitrogens with zero attached hydrogens (tertiary/aromatic N) is 2. The molecule has 0 spiro atoms. The second kappa shape index (κ2) is 5.52. The first-order valence-corrected chi connectivity index (χ1v) is 7.68. The van der Waals surface area contributed by atoms with Crippen molar-refractivity contribution in [2.24, 2.45) is 5.41 Å². The van der Waals surface area contributed by atoms with Crippen LogP contribution in [-0.4, -0.2) is 35.4 Å². The van der Waals surface area contributed by atoms with Crippen molar-refractivity contribution in [1.82, 2.24) is 15.2 Å². The van der Waals surface area contributed by atoms with E-state index in [9.17, 15) is 4.79 Å². The zero-order valence-electron chi connectivity index (χ0n) is 12.2. The van der Waals surface area contributed by atoms with E-state index in [0.717, 1.165) is 57.6 Å². The Bertz CT molecular complexity index is 494. The average molecular weight is 273 g/mol. The molecule has 1 N–H and O–H groups in total. The van der Waals surface area contributed by atoms with E-state index in [1.807, 2.05) is 12.3 Å². The summed E-state index contributed by atoms with van der Waals surface area (Å²) < 4.78 is 0. The van der Waals surface area contributed by atoms with Crippen LogP contribution < -0.4 is 5.32 Å². The van der Waals surface area contributed by atoms with Crippen LogP contribution in [0.3, 0.4) is 0 Å². The molecule has 0 bridgehead atoms. The molecule has 0 aromatic carbocycles. The van der Waals surface area contributed by atoms with Crippen molar-refractivity contribution in [2.45, 2.75) is 39.2 Å². The number of carbonyl (C=O) groups excluding carboxylic acids is 1. The number of rotatable bonds is 2. The predicted molar refractivity (Wildman–Crippen MR) is 78.2 cm³/mol. The van der Waals surface area contributed by atoms with Gasteiger partial charge in [0.05, 0.1) is 5.41 Å². The highest BCUT2D eigenvalue weighted by Gasteiger charge is 2.41. The quantitative estimate of drug-likeness (QED) is 0.893. The number of nitrogens with one attached hydrogen (secondary N) is 1. The van der Waals surface area contributed by atoms with Crippen LogP contribution in [0.25, 0.3) is 0 Å². The zero-order chi connectivity index (χ0) is 14.0. The summed E-state index contributed by atoms with van der Waals surface area (Å²) in [5.41, 5.74) is 2.24. The number of pyridine rings is 1. The first-order valence-electron chi connectivity index (χ1n) is 7.68. The van der Waals surface area contributed by atoms with Crippen LogP contribution in [0.1, 0.15) is 37.4 Å². The van der Waals surface area contributed by atoms with Gasteiger partial charge in [0.15, 0.2) is 0 Å². The van der Waals surface area contributed by atoms with Crippen molar-refractivity contribution in [1.29, 1.82) is 0 Å². The maximum atomic E-state index is 13.0. The molecular weight excluding hydrogens is 250 g/mol. The van der Waals surface area contributed by atoms with Crippen molar-refractivity contribution < 1.29 is 4.79 Å². The summed E-state index contributed by atoms with van der Waals surface area (Å²) in [4.78, 5) is 19.5. The molecule has 0 saturated carbocycles. The Balaban J connectivity index is 1.78. The molecule has 3 rings (SSSR count). The number of hydrogen-bond donors (Lipinski definition) is 1. The van der Waals surface area contributed by atoms with E-state index in [4.69, 9.17) is 0 Å². The Morgan fingerprint density at radius 2 is 2.25 bits per heavy atom. The minimum atomic E-state index is -0.134. The summed E-state index contributed by atoms with van der Waals surface area (Å²) in [6.45, 7) is 5.63. The summed E-state index contributed by atoms with van der Waals surface area (Å²) in [5.74, 6) is 0.357. The second-order valence-corrected chi connectivity index (χ2v) is 5.97. The Labute approximate surface area is 120 Å². The van der Waals surface area contributed by atoms with Gasteiger partial charge in [0.1, 0.15) is 0 Å². The molecule has 4 nitrogen and oxygen atoms in total. The van der Waals surface area contributed by atoms with Crippen molar-refractivity contribution in [2.75, 3.05) is 19.6 Å². The van der Waals surface area contributed by atoms with Crippen LogP contribution in [0.4, 0.5) is 0 Å². The predicted octanol–water partition coefficient (Wildman–Crippen LogP) is 1.75. The van der Waals surface area contributed by atoms with Gasteiger partial charge in [-0.2, -0.15) is 0 Å². The molecule has 108 valence electrons. The molecular formula is C16H23N3O. The number of amides is 1. The third-order valence-corrected chi connectivity index (χ3v) is 4.94. The highest BCUT2D eigenvalue weighted by molar-refractivity contribution is 5.83. The van der Waals surface area contributed by atoms with E-state index in [1.165, 1.54) is 5.56 Å². The Hall–Kier alpha value is -1.42. The maximum Gasteiger partial charge on any atom is 0.229 e. The van der Waals surface area contributed by atoms with Gasteiger partial charge < -0.3 is 10.2 Å². The largest absolute Gasteiger partial charge is 0.337 e. The lowest BCUT2D eigenvalue weighted by Gasteiger charge is -2.41. The van der Waals surface area contributed by atoms with Crippen LogP contribution in [0.5, 0.6) is 0 Å². The molecule has 1 saturated heterocycles. The van der Waals surface area contributed by atoms with Crippen molar-refractivity contribution in [3.8, 4) is 0 Å². The van der Waals surface area contributed by atoms with Gasteiger partial charge in [-0.05, 0) is 44.0 Å². The summed E-state index contributed by atoms with van der Waals surface area (Å²) in [6.07, 6.45) is 5.62. The summed E-state index contributed by atoms with van der Waals surface area (Å²) in [7, 11) is 0. The lowest BCUT2D eigenvalue weighted by atomic mass is 9.75. The zero-order valence-corrected chi connectivity index (χ0v) is 12.2. The van der Waals surface area contributed by atoms with E-state index in [0.29, 0.717) is 5.91 Å². The molecule has 1 aromatic heterocycles. The molecule has 1 fully saturated rings. The van der Waals surface area contributed by atoms with E-state index in [2.05, 4.69) is 28.2 Å². The number of piperidine rings is 1. The molecule has 0 radical (unpaired) electrons. The topological polar surface area (TPSA) is 45.2 Å². The normalized spacial score (nSPS) is 21.4. The van der Waals surface area contributed by atoms with Crippen molar-refractivity contribution in [3.05, 3.63) is 29.6 Å². The van der Waals surface area contributed by atoms with Crippen LogP contribution in [0.2, 0.25) is 0 Å². The molecule has 1 aromatic rings. The molecule has 1 amide bonds. The minimum Gasteiger partial charge on any atom is -0.337 e. The maximum absolute atomic E-state index is 13.0. The Kier molecular flexibility index (Phi) is 3.74. The van der Waals surface area contributed by atoms with E-state index in [-0.39, 0.29) is 5.41 Å². The fourth-order valence-electron chi connectivity index (χ4n) is 3.50. The smallest absolute Gasteiger partial charge is 0.229 e. The van der Waals surface area contributed by atoms with E-state index < -0.39 is 0 Å². The molecule has 0 atom stereocenters. The van der Waals surface area contributed by atoms with Crippen molar-refractivity contribution >= 4 is 5.91 Å². The third-order valence-electron chi connectivity index (χ3n) is 4.94. The van der Waals surface area contributed by atoms with Crippen LogP contribution in [0, 0.1) is 5.41 Å². The highest BCUT2D eigenvalue weighted by Crippen LogP contribution is 2.35. The Morgan fingerprint density at radius 1 is 1.45 bits per heavy atom. The monoisotopic (exact) mass is 273 g/mol. The van der Waals surface area contributed by atoms with Gasteiger partial charge in [0.2, 0.25) is 5.91 Å². The summed E-state index contributed by atoms with van der Waals surface area (Å²) >= 11 is 0. The van der Waals surface area contributed by atoms with Crippen LogP contribution in [-0.2, 0) is 17.8 Å². The van der Waals surface area contributed by atoms with Gasteiger partial charge in [0.25, 0.3) is 0 Å². The molecule has 2 aliphatic heterocycles. The first-order chi connectivity index (χ1) is 9.75. The lowest BCUT2D eigenvalue weighted by Crippen LogP contribution is -2.50. The van der Waals surface area contributed by atoms with E-state index in [1.54, 1.807) is 0 Å². The van der Waals surface area contributed by atoms with Gasteiger partial charge in [-0.15, -0.1) is 0 Å². The average Bonchev–Trinajstić information content (AvgIpc) is 2.54. The first kappa shape index (κ1) is 13.6. The standard InChI is InChI=1S/C16H23N3O/c1-2-16(6-9-17-10-7-16)15(20)19-11-5-14-13(12-19)4-3-8-18-14/h3-4,8,17H,2,5-7,9-12H2,1H3. The van der Waals surface area contributed by atoms with E-state index >= 15 is 0 Å². The molecule has 0 aliphatic carbocycles. The molecule has 2 aliphatic rings. The number of fused-ring (bicyclic) bond motifs is 1. The Morgan fingerprint density at radius 3 is 3.00 bits per heavy atom. The fourth-order valence-corrected chi connectivity index (χ4v) is 3.50. The third kappa shape index (κ3) is 2.33. The molecule has 3 heterocycles. The number of hydrogen-bond acceptors (Lipinski definition) is 3. The fraction of sp³-hybridized carbons (Fsp3) is 0.625. The van der Waals surface area contributed by atoms with Crippen LogP contribution in [0.15, 0.2) is 18.3 Å². The number of aromatic nitrogens is 1. The summed E-state index contributed by atoms with van der Waals surface area (Å²) in [5, 5.41) is 3.37. The van der Waals surface area contributed by atoms with Gasteiger partial charge in [-0.3, -0.25) is 9.78 Å². The van der Waals surface area contributed by atoms with Gasteiger partial charge in [-0.25, -0.2) is 0 Å². The number of carbonyl (C=O) groups is 1. The summed E-state index contributed by atoms with van der Waals surface area (Å²) in [6, 6.07) is 4.07. The van der Waals surface area contributed by atoms with Crippen molar-refractivity contribution in [3.63, 3.8) is 0 Å². The molecule has 4 heteroatoms. The van der Waals surface area contributed by atoms with Gasteiger partial charge >= 0.3 is 0 Å². The molecule has 0 unspecified atom stereocenters. The van der Waals surface area contributed by atoms with Crippen LogP contribution >= 0.6 is 0 Å². The lowest BCUT2D eigenvalue weighted by molar-refractivity contribution is -0.145. The van der Waals surface area contributed by atoms with Gasteiger partial charge in [-0.1, -0.05) is 13.0 Å². The highest BCUT2D eigenvalue weighted by atomic mass is 16.2. The minimum absolute atomic E-state index is 0.134.